The van der Waals surface area contributed by atoms with Crippen LogP contribution in [0.3, 0.4) is 0 Å². The van der Waals surface area contributed by atoms with Crippen LogP contribution in [0, 0.1) is 22.7 Å². The van der Waals surface area contributed by atoms with Gasteiger partial charge in [-0.05, 0) is 107 Å². The molecule has 0 amide bonds. The second kappa shape index (κ2) is 15.2. The number of carbonyl (C=O) groups excluding carboxylic acids is 1. The summed E-state index contributed by atoms with van der Waals surface area (Å²) in [5, 5.41) is 56.3. The van der Waals surface area contributed by atoms with Crippen molar-refractivity contribution in [3.8, 4) is 0 Å². The molecule has 9 atom stereocenters. The van der Waals surface area contributed by atoms with Gasteiger partial charge in [-0.25, -0.2) is 4.79 Å². The number of esters is 1. The zero-order chi connectivity index (χ0) is 33.7. The number of rotatable bonds is 15. The predicted molar refractivity (Wildman–Crippen MR) is 177 cm³/mol. The lowest BCUT2D eigenvalue weighted by atomic mass is 9.41. The van der Waals surface area contributed by atoms with Gasteiger partial charge in [0, 0.05) is 42.3 Å². The zero-order valence-electron chi connectivity index (χ0n) is 28.3. The molecule has 0 unspecified atom stereocenters. The van der Waals surface area contributed by atoms with E-state index in [1.807, 2.05) is 6.92 Å². The van der Waals surface area contributed by atoms with E-state index in [-0.39, 0.29) is 37.4 Å². The molecule has 0 bridgehead atoms. The van der Waals surface area contributed by atoms with E-state index in [1.165, 1.54) is 12.3 Å². The summed E-state index contributed by atoms with van der Waals surface area (Å²) < 4.78 is 11.0. The van der Waals surface area contributed by atoms with E-state index in [1.54, 1.807) is 6.07 Å². The summed E-state index contributed by atoms with van der Waals surface area (Å²) in [6.45, 7) is 2.00. The van der Waals surface area contributed by atoms with Gasteiger partial charge < -0.3 is 34.7 Å². The first kappa shape index (κ1) is 36.2. The molecule has 4 aliphatic rings. The van der Waals surface area contributed by atoms with Gasteiger partial charge in [0.25, 0.3) is 0 Å². The number of hydrogen-bond donors (Lipinski definition) is 5. The minimum absolute atomic E-state index is 0.0943. The monoisotopic (exact) mass is 658 g/mol. The highest BCUT2D eigenvalue weighted by Crippen LogP contribution is 2.71. The van der Waals surface area contributed by atoms with Crippen LogP contribution in [0.2, 0.25) is 0 Å². The van der Waals surface area contributed by atoms with Crippen LogP contribution in [0.5, 0.6) is 0 Å². The smallest absolute Gasteiger partial charge is 0.335 e. The van der Waals surface area contributed by atoms with Crippen molar-refractivity contribution < 1.29 is 39.5 Å². The molecule has 4 fully saturated rings. The maximum atomic E-state index is 12.8. The summed E-state index contributed by atoms with van der Waals surface area (Å²) in [7, 11) is 0. The first-order chi connectivity index (χ1) is 22.5. The topological polar surface area (TPSA) is 158 Å². The van der Waals surface area contributed by atoms with Gasteiger partial charge in [-0.15, -0.1) is 0 Å². The lowest BCUT2D eigenvalue weighted by Crippen LogP contribution is -2.72. The normalized spacial score (nSPS) is 38.1. The van der Waals surface area contributed by atoms with Crippen LogP contribution in [0.25, 0.3) is 0 Å². The third-order valence-electron chi connectivity index (χ3n) is 13.0. The van der Waals surface area contributed by atoms with Gasteiger partial charge >= 0.3 is 11.6 Å². The van der Waals surface area contributed by atoms with E-state index in [0.717, 1.165) is 63.4 Å². The molecule has 264 valence electrons. The van der Waals surface area contributed by atoms with Crippen LogP contribution in [0.4, 0.5) is 0 Å². The Morgan fingerprint density at radius 2 is 1.66 bits per heavy atom. The molecule has 0 aromatic carbocycles. The lowest BCUT2D eigenvalue weighted by Gasteiger charge is -2.67. The number of carbonyl (C=O) groups is 1. The van der Waals surface area contributed by atoms with E-state index in [2.05, 4.69) is 12.2 Å². The maximum Gasteiger partial charge on any atom is 0.335 e. The standard InChI is InChI=1S/C38H58O9/c1-35-24-31(41)34-30(38(35,45)21-18-29(35)27-14-15-32(42)46-25-27)17-20-37(44)23-28(16-19-36(34,37)26-40)47-33(43)13-11-9-7-5-3-2-4-6-8-10-12-22-39/h2-3,14-15,25,28-31,34,39-41,44-45H,4-13,16-24,26H2,1H3/b3-2+/t28-,29+,30+,31+,34+,35+,36-,37-,38-/m0/s1. The zero-order valence-corrected chi connectivity index (χ0v) is 28.3. The summed E-state index contributed by atoms with van der Waals surface area (Å²) in [5.41, 5.74) is -3.67. The third kappa shape index (κ3) is 7.03. The van der Waals surface area contributed by atoms with Crippen molar-refractivity contribution in [2.45, 2.75) is 152 Å². The highest BCUT2D eigenvalue weighted by atomic mass is 16.5. The molecular formula is C38H58O9. The molecule has 47 heavy (non-hydrogen) atoms. The Kier molecular flexibility index (Phi) is 11.8. The lowest BCUT2D eigenvalue weighted by molar-refractivity contribution is -0.292. The molecule has 5 rings (SSSR count). The molecular weight excluding hydrogens is 600 g/mol. The first-order valence-electron chi connectivity index (χ1n) is 18.3. The van der Waals surface area contributed by atoms with Crippen LogP contribution in [0.15, 0.2) is 39.8 Å². The summed E-state index contributed by atoms with van der Waals surface area (Å²) in [6.07, 6.45) is 17.6. The minimum atomic E-state index is -1.32. The summed E-state index contributed by atoms with van der Waals surface area (Å²) in [5.74, 6) is -1.15. The first-order valence-corrected chi connectivity index (χ1v) is 18.3. The van der Waals surface area contributed by atoms with Crippen molar-refractivity contribution in [3.63, 3.8) is 0 Å². The van der Waals surface area contributed by atoms with Crippen molar-refractivity contribution in [2.75, 3.05) is 13.2 Å². The van der Waals surface area contributed by atoms with Crippen LogP contribution in [-0.4, -0.2) is 68.1 Å². The van der Waals surface area contributed by atoms with E-state index in [4.69, 9.17) is 14.3 Å². The Labute approximate surface area is 279 Å². The van der Waals surface area contributed by atoms with Gasteiger partial charge in [-0.1, -0.05) is 38.3 Å². The summed E-state index contributed by atoms with van der Waals surface area (Å²) in [4.78, 5) is 24.4. The molecule has 0 saturated heterocycles. The Morgan fingerprint density at radius 3 is 2.34 bits per heavy atom. The average molecular weight is 659 g/mol. The average Bonchev–Trinajstić information content (AvgIpc) is 3.31. The molecule has 4 saturated carbocycles. The number of hydrogen-bond acceptors (Lipinski definition) is 9. The van der Waals surface area contributed by atoms with E-state index in [9.17, 15) is 30.0 Å². The van der Waals surface area contributed by atoms with E-state index < -0.39 is 45.8 Å². The minimum Gasteiger partial charge on any atom is -0.462 e. The molecule has 0 spiro atoms. The highest BCUT2D eigenvalue weighted by Gasteiger charge is 2.73. The van der Waals surface area contributed by atoms with Gasteiger partial charge in [0.1, 0.15) is 6.10 Å². The van der Waals surface area contributed by atoms with Gasteiger partial charge in [0.15, 0.2) is 0 Å². The second-order valence-corrected chi connectivity index (χ2v) is 15.5. The number of fused-ring (bicyclic) bond motifs is 5. The Bertz CT molecular complexity index is 1260. The Balaban J connectivity index is 1.14. The van der Waals surface area contributed by atoms with E-state index >= 15 is 0 Å². The van der Waals surface area contributed by atoms with Gasteiger partial charge in [-0.2, -0.15) is 0 Å². The van der Waals surface area contributed by atoms with Crippen molar-refractivity contribution in [2.24, 2.45) is 22.7 Å². The van der Waals surface area contributed by atoms with Gasteiger partial charge in [0.2, 0.25) is 0 Å². The number of unbranched alkanes of at least 4 members (excludes halogenated alkanes) is 7. The molecule has 1 aromatic rings. The molecule has 5 N–H and O–H groups in total. The third-order valence-corrected chi connectivity index (χ3v) is 13.0. The summed E-state index contributed by atoms with van der Waals surface area (Å²) >= 11 is 0. The quantitative estimate of drug-likeness (QED) is 0.0958. The fourth-order valence-electron chi connectivity index (χ4n) is 10.5. The number of allylic oxidation sites excluding steroid dienone is 2. The molecule has 1 aromatic heterocycles. The highest BCUT2D eigenvalue weighted by molar-refractivity contribution is 5.69. The number of ether oxygens (including phenoxy) is 1. The Hall–Kier alpha value is -2.04. The van der Waals surface area contributed by atoms with Crippen molar-refractivity contribution >= 4 is 5.97 Å². The fourth-order valence-corrected chi connectivity index (χ4v) is 10.5. The summed E-state index contributed by atoms with van der Waals surface area (Å²) in [6, 6.07) is 3.16. The van der Waals surface area contributed by atoms with Crippen LogP contribution >= 0.6 is 0 Å². The van der Waals surface area contributed by atoms with Crippen LogP contribution < -0.4 is 5.63 Å². The molecule has 4 aliphatic carbocycles. The van der Waals surface area contributed by atoms with Crippen molar-refractivity contribution in [1.82, 2.24) is 0 Å². The predicted octanol–water partition coefficient (Wildman–Crippen LogP) is 5.30. The van der Waals surface area contributed by atoms with Crippen molar-refractivity contribution in [3.05, 3.63) is 46.5 Å². The Morgan fingerprint density at radius 1 is 0.936 bits per heavy atom. The largest absolute Gasteiger partial charge is 0.462 e. The fraction of sp³-hybridized carbons (Fsp3) is 0.789. The molecule has 9 nitrogen and oxygen atoms in total. The van der Waals surface area contributed by atoms with Crippen molar-refractivity contribution in [1.29, 1.82) is 0 Å². The van der Waals surface area contributed by atoms with Gasteiger partial charge in [-0.3, -0.25) is 4.79 Å². The SMILES string of the molecule is C[C@]12C[C@@H](O)[C@H]3[C@@H](CC[C@]4(O)C[C@@H](OC(=O)CCCCC/C=C/CCCCCCO)CC[C@]34CO)[C@@]1(O)CC[C@@H]2c1ccc(=O)oc1. The van der Waals surface area contributed by atoms with Crippen LogP contribution in [0.1, 0.15) is 134 Å². The maximum absolute atomic E-state index is 12.8. The van der Waals surface area contributed by atoms with E-state index in [0.29, 0.717) is 51.4 Å². The molecule has 1 heterocycles. The number of aliphatic hydroxyl groups is 5. The number of aliphatic hydroxyl groups excluding tert-OH is 3. The van der Waals surface area contributed by atoms with Crippen LogP contribution in [-0.2, 0) is 9.53 Å². The van der Waals surface area contributed by atoms with Gasteiger partial charge in [0.05, 0.1) is 30.2 Å². The molecule has 9 heteroatoms. The second-order valence-electron chi connectivity index (χ2n) is 15.5. The molecule has 0 radical (unpaired) electrons. The molecule has 0 aliphatic heterocycles.